The molecule has 0 unspecified atom stereocenters. The molecule has 0 fully saturated rings. The van der Waals surface area contributed by atoms with Gasteiger partial charge in [-0.05, 0) is 37.3 Å². The fourth-order valence-electron chi connectivity index (χ4n) is 2.53. The Morgan fingerprint density at radius 3 is 2.48 bits per heavy atom. The Morgan fingerprint density at radius 2 is 1.80 bits per heavy atom. The maximum Gasteiger partial charge on any atom is 0.262 e. The highest BCUT2D eigenvalue weighted by molar-refractivity contribution is 7.93. The van der Waals surface area contributed by atoms with Crippen LogP contribution in [0.2, 0.25) is 5.02 Å². The summed E-state index contributed by atoms with van der Waals surface area (Å²) in [4.78, 5) is 0.0898. The standard InChI is InChI=1S/C18H15ClFNO3S/c1-2-24-17-9-10-18(14-6-4-3-5-13(14)17)25(22,23)21-16-8-7-12(20)11-15(16)19/h3-11,21H,2H2,1H3. The molecule has 0 radical (unpaired) electrons. The van der Waals surface area contributed by atoms with E-state index in [1.165, 1.54) is 12.1 Å². The highest BCUT2D eigenvalue weighted by Gasteiger charge is 2.20. The molecule has 0 amide bonds. The zero-order chi connectivity index (χ0) is 18.0. The van der Waals surface area contributed by atoms with Crippen molar-refractivity contribution in [2.24, 2.45) is 0 Å². The van der Waals surface area contributed by atoms with Gasteiger partial charge >= 0.3 is 0 Å². The third-order valence-electron chi connectivity index (χ3n) is 3.61. The van der Waals surface area contributed by atoms with Crippen LogP contribution in [-0.4, -0.2) is 15.0 Å². The molecule has 0 saturated carbocycles. The number of benzene rings is 3. The molecule has 3 aromatic carbocycles. The second-order valence-corrected chi connectivity index (χ2v) is 7.33. The van der Waals surface area contributed by atoms with Gasteiger partial charge in [0.2, 0.25) is 0 Å². The minimum absolute atomic E-state index is 0.0150. The summed E-state index contributed by atoms with van der Waals surface area (Å²) in [5.74, 6) is 0.0660. The normalized spacial score (nSPS) is 11.5. The Kier molecular flexibility index (Phi) is 4.83. The van der Waals surface area contributed by atoms with Crippen LogP contribution in [-0.2, 0) is 10.0 Å². The lowest BCUT2D eigenvalue weighted by atomic mass is 10.1. The Bertz CT molecular complexity index is 1040. The largest absolute Gasteiger partial charge is 0.493 e. The zero-order valence-corrected chi connectivity index (χ0v) is 14.9. The van der Waals surface area contributed by atoms with E-state index in [2.05, 4.69) is 4.72 Å². The van der Waals surface area contributed by atoms with E-state index in [-0.39, 0.29) is 15.6 Å². The van der Waals surface area contributed by atoms with Gasteiger partial charge in [0.1, 0.15) is 11.6 Å². The molecular weight excluding hydrogens is 365 g/mol. The molecule has 0 aliphatic heterocycles. The van der Waals surface area contributed by atoms with E-state index in [0.29, 0.717) is 23.1 Å². The van der Waals surface area contributed by atoms with Crippen molar-refractivity contribution in [1.82, 2.24) is 0 Å². The second kappa shape index (κ2) is 6.90. The Labute approximate surface area is 150 Å². The fourth-order valence-corrected chi connectivity index (χ4v) is 4.09. The lowest BCUT2D eigenvalue weighted by Gasteiger charge is -2.14. The lowest BCUT2D eigenvalue weighted by Crippen LogP contribution is -2.14. The average Bonchev–Trinajstić information content (AvgIpc) is 2.58. The summed E-state index contributed by atoms with van der Waals surface area (Å²) in [6.45, 7) is 2.33. The predicted molar refractivity (Wildman–Crippen MR) is 97.3 cm³/mol. The van der Waals surface area contributed by atoms with Crippen molar-refractivity contribution >= 4 is 38.1 Å². The molecular formula is C18H15ClFNO3S. The van der Waals surface area contributed by atoms with Gasteiger partial charge in [-0.25, -0.2) is 12.8 Å². The van der Waals surface area contributed by atoms with Crippen molar-refractivity contribution in [3.63, 3.8) is 0 Å². The summed E-state index contributed by atoms with van der Waals surface area (Å²) in [7, 11) is -3.92. The van der Waals surface area contributed by atoms with E-state index >= 15 is 0 Å². The van der Waals surface area contributed by atoms with Gasteiger partial charge in [-0.1, -0.05) is 35.9 Å². The molecule has 0 aliphatic carbocycles. The van der Waals surface area contributed by atoms with E-state index in [0.717, 1.165) is 12.1 Å². The Hall–Kier alpha value is -2.31. The quantitative estimate of drug-likeness (QED) is 0.690. The summed E-state index contributed by atoms with van der Waals surface area (Å²) in [6, 6.07) is 13.6. The van der Waals surface area contributed by atoms with Gasteiger partial charge in [-0.15, -0.1) is 0 Å². The number of fused-ring (bicyclic) bond motifs is 1. The smallest absolute Gasteiger partial charge is 0.262 e. The van der Waals surface area contributed by atoms with Gasteiger partial charge in [0.15, 0.2) is 0 Å². The number of sulfonamides is 1. The molecule has 0 aliphatic rings. The first-order chi connectivity index (χ1) is 11.9. The third kappa shape index (κ3) is 3.55. The molecule has 0 saturated heterocycles. The van der Waals surface area contributed by atoms with E-state index in [1.54, 1.807) is 24.3 Å². The Balaban J connectivity index is 2.10. The molecule has 0 spiro atoms. The summed E-state index contributed by atoms with van der Waals surface area (Å²) in [5, 5.41) is 1.20. The van der Waals surface area contributed by atoms with Gasteiger partial charge < -0.3 is 4.74 Å². The maximum atomic E-state index is 13.2. The van der Waals surface area contributed by atoms with E-state index in [9.17, 15) is 12.8 Å². The van der Waals surface area contributed by atoms with Crippen molar-refractivity contribution < 1.29 is 17.5 Å². The summed E-state index contributed by atoms with van der Waals surface area (Å²) in [5.41, 5.74) is 0.112. The minimum atomic E-state index is -3.92. The summed E-state index contributed by atoms with van der Waals surface area (Å²) < 4.78 is 46.8. The first kappa shape index (κ1) is 17.5. The number of halogens is 2. The third-order valence-corrected chi connectivity index (χ3v) is 5.35. The van der Waals surface area contributed by atoms with Gasteiger partial charge in [-0.3, -0.25) is 4.72 Å². The van der Waals surface area contributed by atoms with Crippen LogP contribution in [0.4, 0.5) is 10.1 Å². The van der Waals surface area contributed by atoms with Crippen LogP contribution in [0.15, 0.2) is 59.5 Å². The first-order valence-electron chi connectivity index (χ1n) is 7.55. The molecule has 0 heterocycles. The lowest BCUT2D eigenvalue weighted by molar-refractivity contribution is 0.344. The van der Waals surface area contributed by atoms with Crippen LogP contribution in [0.5, 0.6) is 5.75 Å². The van der Waals surface area contributed by atoms with Crippen molar-refractivity contribution in [3.8, 4) is 5.75 Å². The van der Waals surface area contributed by atoms with Gasteiger partial charge in [-0.2, -0.15) is 0 Å². The highest BCUT2D eigenvalue weighted by atomic mass is 35.5. The number of hydrogen-bond acceptors (Lipinski definition) is 3. The van der Waals surface area contributed by atoms with Crippen molar-refractivity contribution in [1.29, 1.82) is 0 Å². The number of hydrogen-bond donors (Lipinski definition) is 1. The SMILES string of the molecule is CCOc1ccc(S(=O)(=O)Nc2ccc(F)cc2Cl)c2ccccc12. The molecule has 4 nitrogen and oxygen atoms in total. The van der Waals surface area contributed by atoms with Crippen molar-refractivity contribution in [2.75, 3.05) is 11.3 Å². The minimum Gasteiger partial charge on any atom is -0.493 e. The van der Waals surface area contributed by atoms with Crippen molar-refractivity contribution in [2.45, 2.75) is 11.8 Å². The molecule has 0 bridgehead atoms. The van der Waals surface area contributed by atoms with Gasteiger partial charge in [0, 0.05) is 10.8 Å². The van der Waals surface area contributed by atoms with Crippen LogP contribution in [0.1, 0.15) is 6.92 Å². The predicted octanol–water partition coefficient (Wildman–Crippen LogP) is 4.83. The van der Waals surface area contributed by atoms with Crippen LogP contribution in [0, 0.1) is 5.82 Å². The Morgan fingerprint density at radius 1 is 1.08 bits per heavy atom. The maximum absolute atomic E-state index is 13.2. The topological polar surface area (TPSA) is 55.4 Å². The molecule has 7 heteroatoms. The van der Waals surface area contributed by atoms with Gasteiger partial charge in [0.25, 0.3) is 10.0 Å². The first-order valence-corrected chi connectivity index (χ1v) is 9.41. The number of nitrogens with one attached hydrogen (secondary N) is 1. The number of anilines is 1. The molecule has 0 atom stereocenters. The van der Waals surface area contributed by atoms with Crippen LogP contribution in [0.3, 0.4) is 0 Å². The number of ether oxygens (including phenoxy) is 1. The zero-order valence-electron chi connectivity index (χ0n) is 13.3. The van der Waals surface area contributed by atoms with E-state index in [4.69, 9.17) is 16.3 Å². The summed E-state index contributed by atoms with van der Waals surface area (Å²) >= 11 is 5.92. The van der Waals surface area contributed by atoms with E-state index < -0.39 is 15.8 Å². The molecule has 130 valence electrons. The van der Waals surface area contributed by atoms with Crippen molar-refractivity contribution in [3.05, 3.63) is 65.4 Å². The molecule has 3 rings (SSSR count). The summed E-state index contributed by atoms with van der Waals surface area (Å²) in [6.07, 6.45) is 0. The average molecular weight is 380 g/mol. The van der Waals surface area contributed by atoms with Gasteiger partial charge in [0.05, 0.1) is 22.2 Å². The molecule has 1 N–H and O–H groups in total. The molecule has 0 aromatic heterocycles. The van der Waals surface area contributed by atoms with Crippen LogP contribution < -0.4 is 9.46 Å². The number of rotatable bonds is 5. The molecule has 25 heavy (non-hydrogen) atoms. The second-order valence-electron chi connectivity index (χ2n) is 5.27. The fraction of sp³-hybridized carbons (Fsp3) is 0.111. The van der Waals surface area contributed by atoms with E-state index in [1.807, 2.05) is 13.0 Å². The van der Waals surface area contributed by atoms with Crippen LogP contribution >= 0.6 is 11.6 Å². The molecule has 3 aromatic rings. The highest BCUT2D eigenvalue weighted by Crippen LogP contribution is 2.33. The van der Waals surface area contributed by atoms with Crippen LogP contribution in [0.25, 0.3) is 10.8 Å². The monoisotopic (exact) mass is 379 g/mol.